The van der Waals surface area contributed by atoms with Gasteiger partial charge in [-0.25, -0.2) is 4.99 Å². The third kappa shape index (κ3) is 5.71. The molecule has 1 aliphatic carbocycles. The quantitative estimate of drug-likeness (QED) is 0.151. The zero-order valence-electron chi connectivity index (χ0n) is 22.5. The Balaban J connectivity index is 1.46. The van der Waals surface area contributed by atoms with Crippen LogP contribution in [0, 0.1) is 28.4 Å². The zero-order valence-corrected chi connectivity index (χ0v) is 23.3. The molecule has 1 N–H and O–H groups in total. The summed E-state index contributed by atoms with van der Waals surface area (Å²) in [6, 6.07) is 17.8. The second-order valence-electron chi connectivity index (χ2n) is 11.0. The number of carbonyl (C=O) groups excluding carboxylic acids is 1. The molecule has 1 aliphatic rings. The zero-order chi connectivity index (χ0) is 27.7. The second kappa shape index (κ2) is 10.6. The van der Waals surface area contributed by atoms with Crippen molar-refractivity contribution in [3.8, 4) is 11.3 Å². The van der Waals surface area contributed by atoms with Gasteiger partial charge in [0.2, 0.25) is 0 Å². The number of benzene rings is 2. The number of thiophene rings is 1. The standard InChI is InChI=1S/C31H31N3O4S/c1-19-16-22(34(36)37)11-14-24(19)26-15-12-23(38-26)18-32-30-28(29(35)33-21-8-6-5-7-9-21)25-13-10-20(31(2,3)4)17-27(25)39-30/h5-9,11-12,14-16,18,20H,10,13,17H2,1-4H3,(H,33,35)/t20-/m1/s1. The molecular formula is C31H31N3O4S. The van der Waals surface area contributed by atoms with Crippen molar-refractivity contribution in [2.24, 2.45) is 16.3 Å². The van der Waals surface area contributed by atoms with Crippen molar-refractivity contribution in [3.05, 3.63) is 98.1 Å². The molecule has 0 saturated carbocycles. The summed E-state index contributed by atoms with van der Waals surface area (Å²) in [5, 5.41) is 14.8. The summed E-state index contributed by atoms with van der Waals surface area (Å²) in [4.78, 5) is 30.2. The highest BCUT2D eigenvalue weighted by molar-refractivity contribution is 7.16. The molecule has 7 nitrogen and oxygen atoms in total. The van der Waals surface area contributed by atoms with Crippen molar-refractivity contribution >= 4 is 39.8 Å². The van der Waals surface area contributed by atoms with Gasteiger partial charge >= 0.3 is 0 Å². The molecule has 0 bridgehead atoms. The second-order valence-corrected chi connectivity index (χ2v) is 12.1. The number of non-ortho nitro benzene ring substituents is 1. The van der Waals surface area contributed by atoms with E-state index in [1.54, 1.807) is 23.6 Å². The Kier molecular flexibility index (Phi) is 7.23. The molecule has 0 spiro atoms. The molecule has 5 rings (SSSR count). The van der Waals surface area contributed by atoms with Gasteiger partial charge in [-0.3, -0.25) is 14.9 Å². The molecule has 2 heterocycles. The topological polar surface area (TPSA) is 97.7 Å². The Labute approximate surface area is 231 Å². The minimum atomic E-state index is -0.410. The lowest BCUT2D eigenvalue weighted by atomic mass is 9.72. The van der Waals surface area contributed by atoms with E-state index in [0.29, 0.717) is 28.0 Å². The van der Waals surface area contributed by atoms with Crippen LogP contribution in [0.1, 0.15) is 59.3 Å². The number of amides is 1. The molecule has 4 aromatic rings. The Morgan fingerprint density at radius 3 is 2.62 bits per heavy atom. The molecule has 0 aliphatic heterocycles. The maximum atomic E-state index is 13.5. The Morgan fingerprint density at radius 2 is 1.92 bits per heavy atom. The predicted molar refractivity (Wildman–Crippen MR) is 156 cm³/mol. The van der Waals surface area contributed by atoms with Gasteiger partial charge in [0.1, 0.15) is 16.5 Å². The summed E-state index contributed by atoms with van der Waals surface area (Å²) >= 11 is 1.59. The lowest BCUT2D eigenvalue weighted by Gasteiger charge is -2.33. The van der Waals surface area contributed by atoms with Crippen LogP contribution in [0.4, 0.5) is 16.4 Å². The van der Waals surface area contributed by atoms with Crippen molar-refractivity contribution < 1.29 is 14.1 Å². The highest BCUT2D eigenvalue weighted by Crippen LogP contribution is 2.45. The molecule has 200 valence electrons. The number of nitro groups is 1. The van der Waals surface area contributed by atoms with E-state index in [9.17, 15) is 14.9 Å². The first kappa shape index (κ1) is 26.6. The number of nitrogens with one attached hydrogen (secondary N) is 1. The number of fused-ring (bicyclic) bond motifs is 1. The predicted octanol–water partition coefficient (Wildman–Crippen LogP) is 8.38. The lowest BCUT2D eigenvalue weighted by Crippen LogP contribution is -2.27. The number of aliphatic imine (C=N–C) groups is 1. The van der Waals surface area contributed by atoms with Crippen LogP contribution in [0.5, 0.6) is 0 Å². The lowest BCUT2D eigenvalue weighted by molar-refractivity contribution is -0.384. The van der Waals surface area contributed by atoms with Gasteiger partial charge in [-0.05, 0) is 79.0 Å². The average molecular weight is 542 g/mol. The van der Waals surface area contributed by atoms with Crippen LogP contribution in [0.2, 0.25) is 0 Å². The van der Waals surface area contributed by atoms with Crippen molar-refractivity contribution in [2.45, 2.75) is 47.0 Å². The molecule has 2 aromatic carbocycles. The van der Waals surface area contributed by atoms with E-state index in [1.807, 2.05) is 49.4 Å². The molecule has 39 heavy (non-hydrogen) atoms. The highest BCUT2D eigenvalue weighted by Gasteiger charge is 2.33. The SMILES string of the molecule is Cc1cc([N+](=O)[O-])ccc1-c1ccc(C=Nc2sc3c(c2C(=O)Nc2ccccc2)CC[C@@H](C(C)(C)C)C3)o1. The van der Waals surface area contributed by atoms with Gasteiger partial charge in [0, 0.05) is 28.3 Å². The van der Waals surface area contributed by atoms with E-state index < -0.39 is 4.92 Å². The number of anilines is 1. The van der Waals surface area contributed by atoms with Crippen molar-refractivity contribution in [3.63, 3.8) is 0 Å². The van der Waals surface area contributed by atoms with Gasteiger partial charge in [0.15, 0.2) is 0 Å². The monoisotopic (exact) mass is 541 g/mol. The third-order valence-electron chi connectivity index (χ3n) is 7.35. The first-order valence-electron chi connectivity index (χ1n) is 13.0. The van der Waals surface area contributed by atoms with Crippen LogP contribution in [0.3, 0.4) is 0 Å². The summed E-state index contributed by atoms with van der Waals surface area (Å²) in [5.74, 6) is 1.53. The molecule has 8 heteroatoms. The largest absolute Gasteiger partial charge is 0.455 e. The summed E-state index contributed by atoms with van der Waals surface area (Å²) in [7, 11) is 0. The Hall–Kier alpha value is -4.04. The molecule has 0 fully saturated rings. The molecule has 2 aromatic heterocycles. The first-order chi connectivity index (χ1) is 18.6. The summed E-state index contributed by atoms with van der Waals surface area (Å²) < 4.78 is 6.02. The van der Waals surface area contributed by atoms with Crippen LogP contribution in [0.25, 0.3) is 11.3 Å². The molecule has 1 amide bonds. The normalized spacial score (nSPS) is 15.3. The van der Waals surface area contributed by atoms with Gasteiger partial charge < -0.3 is 9.73 Å². The van der Waals surface area contributed by atoms with Crippen molar-refractivity contribution in [2.75, 3.05) is 5.32 Å². The average Bonchev–Trinajstić information content (AvgIpc) is 3.51. The van der Waals surface area contributed by atoms with E-state index in [2.05, 4.69) is 26.1 Å². The molecule has 0 saturated heterocycles. The van der Waals surface area contributed by atoms with E-state index in [1.165, 1.54) is 17.0 Å². The van der Waals surface area contributed by atoms with Crippen LogP contribution in [-0.2, 0) is 12.8 Å². The Bertz CT molecular complexity index is 1560. The fourth-order valence-electron chi connectivity index (χ4n) is 5.08. The van der Waals surface area contributed by atoms with Crippen LogP contribution < -0.4 is 5.32 Å². The molecule has 0 unspecified atom stereocenters. The van der Waals surface area contributed by atoms with Crippen LogP contribution in [0.15, 0.2) is 70.1 Å². The van der Waals surface area contributed by atoms with Crippen molar-refractivity contribution in [1.29, 1.82) is 0 Å². The fourth-order valence-corrected chi connectivity index (χ4v) is 6.35. The number of nitrogens with zero attached hydrogens (tertiary/aromatic N) is 2. The molecular weight excluding hydrogens is 510 g/mol. The number of nitro benzene ring substituents is 1. The summed E-state index contributed by atoms with van der Waals surface area (Å²) in [6.45, 7) is 8.65. The van der Waals surface area contributed by atoms with Crippen LogP contribution >= 0.6 is 11.3 Å². The summed E-state index contributed by atoms with van der Waals surface area (Å²) in [6.07, 6.45) is 4.47. The van der Waals surface area contributed by atoms with Gasteiger partial charge in [0.05, 0.1) is 16.7 Å². The smallest absolute Gasteiger partial charge is 0.269 e. The molecule has 0 radical (unpaired) electrons. The van der Waals surface area contributed by atoms with E-state index >= 15 is 0 Å². The van der Waals surface area contributed by atoms with Crippen molar-refractivity contribution in [1.82, 2.24) is 0 Å². The molecule has 1 atom stereocenters. The first-order valence-corrected chi connectivity index (χ1v) is 13.8. The van der Waals surface area contributed by atoms with Gasteiger partial charge in [-0.15, -0.1) is 11.3 Å². The minimum absolute atomic E-state index is 0.0428. The maximum absolute atomic E-state index is 13.5. The minimum Gasteiger partial charge on any atom is -0.455 e. The van der Waals surface area contributed by atoms with E-state index in [0.717, 1.165) is 41.6 Å². The van der Waals surface area contributed by atoms with Crippen LogP contribution in [-0.4, -0.2) is 17.0 Å². The van der Waals surface area contributed by atoms with Gasteiger partial charge in [-0.2, -0.15) is 0 Å². The Morgan fingerprint density at radius 1 is 1.15 bits per heavy atom. The van der Waals surface area contributed by atoms with Gasteiger partial charge in [-0.1, -0.05) is 39.0 Å². The van der Waals surface area contributed by atoms with Gasteiger partial charge in [0.25, 0.3) is 11.6 Å². The number of aryl methyl sites for hydroxylation is 1. The number of rotatable bonds is 6. The number of furan rings is 1. The van der Waals surface area contributed by atoms with E-state index in [4.69, 9.17) is 9.41 Å². The third-order valence-corrected chi connectivity index (χ3v) is 8.51. The van der Waals surface area contributed by atoms with E-state index in [-0.39, 0.29) is 17.0 Å². The fraction of sp³-hybridized carbons (Fsp3) is 0.290. The number of para-hydroxylation sites is 1. The number of hydrogen-bond donors (Lipinski definition) is 1. The maximum Gasteiger partial charge on any atom is 0.269 e. The number of hydrogen-bond acceptors (Lipinski definition) is 6. The highest BCUT2D eigenvalue weighted by atomic mass is 32.1. The summed E-state index contributed by atoms with van der Waals surface area (Å²) in [5.41, 5.74) is 4.25. The number of carbonyl (C=O) groups is 1.